The molecule has 0 aliphatic heterocycles. The van der Waals surface area contributed by atoms with E-state index in [4.69, 9.17) is 9.84 Å². The maximum Gasteiger partial charge on any atom is 0.271 e. The number of nitrogens with one attached hydrogen (secondary N) is 3. The lowest BCUT2D eigenvalue weighted by Gasteiger charge is -2.41. The molecule has 0 saturated heterocycles. The Labute approximate surface area is 273 Å². The number of rotatable bonds is 15. The Bertz CT molecular complexity index is 1310. The molecule has 1 saturated carbocycles. The summed E-state index contributed by atoms with van der Waals surface area (Å²) in [4.78, 5) is 13.9. The van der Waals surface area contributed by atoms with E-state index < -0.39 is 33.7 Å². The van der Waals surface area contributed by atoms with Crippen molar-refractivity contribution in [1.29, 1.82) is 0 Å². The number of aliphatic hydroxyl groups excluding tert-OH is 2. The number of carbonyl (C=O) groups excluding carboxylic acids is 1. The van der Waals surface area contributed by atoms with Gasteiger partial charge < -0.3 is 25.6 Å². The lowest BCUT2D eigenvalue weighted by molar-refractivity contribution is -0.141. The smallest absolute Gasteiger partial charge is 0.271 e. The van der Waals surface area contributed by atoms with Crippen molar-refractivity contribution in [1.82, 2.24) is 15.4 Å². The molecule has 9 nitrogen and oxygen atoms in total. The fraction of sp³-hybridized carbons (Fsp3) is 0.469. The minimum absolute atomic E-state index is 0. The van der Waals surface area contributed by atoms with E-state index >= 15 is 0 Å². The molecule has 2 unspecified atom stereocenters. The summed E-state index contributed by atoms with van der Waals surface area (Å²) in [7, 11) is -4.00. The monoisotopic (exact) mass is 669 g/mol. The van der Waals surface area contributed by atoms with E-state index in [0.717, 1.165) is 42.4 Å². The molecule has 44 heavy (non-hydrogen) atoms. The summed E-state index contributed by atoms with van der Waals surface area (Å²) in [5.74, 6) is -1.16. The third kappa shape index (κ3) is 10.7. The van der Waals surface area contributed by atoms with Crippen LogP contribution < -0.4 is 15.4 Å². The van der Waals surface area contributed by atoms with Crippen molar-refractivity contribution in [3.05, 3.63) is 90.0 Å². The van der Waals surface area contributed by atoms with E-state index in [9.17, 15) is 18.3 Å². The molecule has 2 aliphatic rings. The fourth-order valence-corrected chi connectivity index (χ4v) is 6.52. The first-order chi connectivity index (χ1) is 20.3. The number of carbonyl (C=O) groups is 1. The number of allylic oxidation sites excluding steroid dienone is 2. The van der Waals surface area contributed by atoms with Crippen LogP contribution in [0.4, 0.5) is 0 Å². The van der Waals surface area contributed by atoms with E-state index in [1.54, 1.807) is 12.2 Å². The van der Waals surface area contributed by atoms with Crippen LogP contribution in [0.5, 0.6) is 0 Å². The summed E-state index contributed by atoms with van der Waals surface area (Å²) in [6, 6.07) is 18.7. The number of sulfonamides is 1. The van der Waals surface area contributed by atoms with Gasteiger partial charge >= 0.3 is 0 Å². The molecule has 0 bridgehead atoms. The largest absolute Gasteiger partial charge is 0.396 e. The van der Waals surface area contributed by atoms with Crippen molar-refractivity contribution in [3.8, 4) is 0 Å². The molecule has 3 atom stereocenters. The van der Waals surface area contributed by atoms with Crippen LogP contribution in [-0.2, 0) is 19.6 Å². The van der Waals surface area contributed by atoms with Crippen LogP contribution in [0.2, 0.25) is 0 Å². The van der Waals surface area contributed by atoms with Crippen molar-refractivity contribution < 1.29 is 28.2 Å². The highest BCUT2D eigenvalue weighted by molar-refractivity contribution is 7.90. The second kappa shape index (κ2) is 18.6. The topological polar surface area (TPSA) is 137 Å². The van der Waals surface area contributed by atoms with Gasteiger partial charge in [-0.25, -0.2) is 8.42 Å². The van der Waals surface area contributed by atoms with Crippen molar-refractivity contribution >= 4 is 46.3 Å². The van der Waals surface area contributed by atoms with E-state index in [0.29, 0.717) is 13.1 Å². The van der Waals surface area contributed by atoms with E-state index in [-0.39, 0.29) is 56.2 Å². The van der Waals surface area contributed by atoms with Gasteiger partial charge in [0.05, 0.1) is 24.5 Å². The summed E-state index contributed by atoms with van der Waals surface area (Å²) < 4.78 is 34.1. The van der Waals surface area contributed by atoms with Gasteiger partial charge in [0.2, 0.25) is 10.0 Å². The second-order valence-electron chi connectivity index (χ2n) is 10.9. The zero-order valence-corrected chi connectivity index (χ0v) is 27.2. The van der Waals surface area contributed by atoms with Gasteiger partial charge in [0.1, 0.15) is 0 Å². The number of aliphatic hydroxyl groups is 2. The first-order valence-electron chi connectivity index (χ1n) is 14.8. The molecule has 0 spiro atoms. The van der Waals surface area contributed by atoms with Crippen molar-refractivity contribution in [2.45, 2.75) is 62.3 Å². The molecule has 4 rings (SSSR count). The number of ether oxygens (including phenoxy) is 1. The lowest BCUT2D eigenvalue weighted by atomic mass is 9.83. The predicted octanol–water partition coefficient (Wildman–Crippen LogP) is 3.68. The van der Waals surface area contributed by atoms with Gasteiger partial charge in [-0.2, -0.15) is 0 Å². The third-order valence-corrected chi connectivity index (χ3v) is 9.08. The van der Waals surface area contributed by atoms with Crippen LogP contribution in [0, 0.1) is 0 Å². The van der Waals surface area contributed by atoms with Gasteiger partial charge in [0.15, 0.2) is 5.60 Å². The standard InChI is InChI=1S/C32H43N3O6S.2ClH/c36-20-10-22-42(39,40)35-31(38)32(41-21-19-33-24-29(37)26-13-6-2-7-14-26)18-17-27(25-11-4-1-5-12-25)23-30(32)34-28-15-8-3-9-16-28;;/h1-2,4-7,11-14,17-18,23,28-30,33-34,36-37H,3,8-10,15-16,19-22,24H2,(H,35,38);2*1H/t29-,30?,32?;;/m0../s1. The summed E-state index contributed by atoms with van der Waals surface area (Å²) in [5, 5.41) is 26.4. The molecule has 2 aromatic carbocycles. The quantitative estimate of drug-likeness (QED) is 0.181. The Hall–Kier alpha value is -2.28. The van der Waals surface area contributed by atoms with Crippen LogP contribution in [0.15, 0.2) is 78.9 Å². The minimum Gasteiger partial charge on any atom is -0.396 e. The van der Waals surface area contributed by atoms with Crippen molar-refractivity contribution in [2.75, 3.05) is 32.1 Å². The molecular weight excluding hydrogens is 625 g/mol. The van der Waals surface area contributed by atoms with Gasteiger partial charge in [0.25, 0.3) is 5.91 Å². The Morgan fingerprint density at radius 1 is 1.00 bits per heavy atom. The number of amides is 1. The molecule has 0 aromatic heterocycles. The first kappa shape index (κ1) is 37.9. The van der Waals surface area contributed by atoms with Crippen molar-refractivity contribution in [3.63, 3.8) is 0 Å². The van der Waals surface area contributed by atoms with Crippen LogP contribution >= 0.6 is 24.8 Å². The van der Waals surface area contributed by atoms with Crippen LogP contribution in [0.3, 0.4) is 0 Å². The number of benzene rings is 2. The molecule has 2 aliphatic carbocycles. The molecule has 12 heteroatoms. The Balaban J connectivity index is 0.00000337. The number of hydrogen-bond acceptors (Lipinski definition) is 8. The highest BCUT2D eigenvalue weighted by atomic mass is 35.5. The Morgan fingerprint density at radius 3 is 2.32 bits per heavy atom. The summed E-state index contributed by atoms with van der Waals surface area (Å²) >= 11 is 0. The Morgan fingerprint density at radius 2 is 1.66 bits per heavy atom. The summed E-state index contributed by atoms with van der Waals surface area (Å²) in [6.07, 6.45) is 9.98. The predicted molar refractivity (Wildman–Crippen MR) is 178 cm³/mol. The average molecular weight is 671 g/mol. The van der Waals surface area contributed by atoms with Gasteiger partial charge in [-0.3, -0.25) is 9.52 Å². The maximum absolute atomic E-state index is 13.9. The van der Waals surface area contributed by atoms with E-state index in [1.165, 1.54) is 6.42 Å². The first-order valence-corrected chi connectivity index (χ1v) is 16.4. The molecular formula is C32H45Cl2N3O6S. The third-order valence-electron chi connectivity index (χ3n) is 7.76. The molecule has 1 amide bonds. The van der Waals surface area contributed by atoms with E-state index in [2.05, 4.69) is 15.4 Å². The SMILES string of the molecule is Cl.Cl.O=C(NS(=O)(=O)CCCO)C1(OCCNC[C@H](O)c2ccccc2)C=CC(c2ccccc2)=CC1NC1CCCCC1. The molecule has 0 heterocycles. The lowest BCUT2D eigenvalue weighted by Crippen LogP contribution is -2.63. The second-order valence-corrected chi connectivity index (χ2v) is 12.7. The van der Waals surface area contributed by atoms with Crippen LogP contribution in [0.1, 0.15) is 55.8 Å². The zero-order chi connectivity index (χ0) is 29.8. The number of halogens is 2. The van der Waals surface area contributed by atoms with E-state index in [1.807, 2.05) is 66.7 Å². The molecule has 1 fully saturated rings. The fourth-order valence-electron chi connectivity index (χ4n) is 5.47. The van der Waals surface area contributed by atoms with Crippen LogP contribution in [-0.4, -0.2) is 74.3 Å². The Kier molecular flexibility index (Phi) is 16.1. The highest BCUT2D eigenvalue weighted by Gasteiger charge is 2.47. The van der Waals surface area contributed by atoms with Gasteiger partial charge in [0, 0.05) is 25.7 Å². The molecule has 2 aromatic rings. The maximum atomic E-state index is 13.9. The highest BCUT2D eigenvalue weighted by Crippen LogP contribution is 2.32. The zero-order valence-electron chi connectivity index (χ0n) is 24.8. The molecule has 244 valence electrons. The normalized spacial score (nSPS) is 21.0. The minimum atomic E-state index is -4.00. The summed E-state index contributed by atoms with van der Waals surface area (Å²) in [6.45, 7) is 0.411. The molecule has 0 radical (unpaired) electrons. The summed E-state index contributed by atoms with van der Waals surface area (Å²) in [5.41, 5.74) is 1.04. The number of hydrogen-bond donors (Lipinski definition) is 5. The average Bonchev–Trinajstić information content (AvgIpc) is 3.01. The van der Waals surface area contributed by atoms with Crippen molar-refractivity contribution in [2.24, 2.45) is 0 Å². The van der Waals surface area contributed by atoms with Gasteiger partial charge in [-0.05, 0) is 42.0 Å². The van der Waals surface area contributed by atoms with Crippen LogP contribution in [0.25, 0.3) is 5.57 Å². The van der Waals surface area contributed by atoms with Gasteiger partial charge in [-0.1, -0.05) is 92.1 Å². The molecule has 5 N–H and O–H groups in total. The van der Waals surface area contributed by atoms with Gasteiger partial charge in [-0.15, -0.1) is 24.8 Å².